The van der Waals surface area contributed by atoms with Crippen molar-refractivity contribution in [1.29, 1.82) is 0 Å². The van der Waals surface area contributed by atoms with Gasteiger partial charge in [0.15, 0.2) is 0 Å². The van der Waals surface area contributed by atoms with Gasteiger partial charge in [-0.1, -0.05) is 23.7 Å². The Labute approximate surface area is 71.6 Å². The molecule has 1 atom stereocenters. The molecular formula is C9H11ClO. The number of aryl methyl sites for hydroxylation is 1. The second-order valence-corrected chi connectivity index (χ2v) is 3.11. The van der Waals surface area contributed by atoms with Crippen LogP contribution < -0.4 is 0 Å². The highest BCUT2D eigenvalue weighted by Crippen LogP contribution is 2.23. The zero-order valence-electron chi connectivity index (χ0n) is 6.63. The predicted molar refractivity (Wildman–Crippen MR) is 46.8 cm³/mol. The number of halogens is 1. The molecule has 0 fully saturated rings. The topological polar surface area (TPSA) is 20.2 Å². The molecule has 0 spiro atoms. The largest absolute Gasteiger partial charge is 0.389 e. The maximum atomic E-state index is 9.21. The van der Waals surface area contributed by atoms with Gasteiger partial charge in [-0.05, 0) is 31.0 Å². The predicted octanol–water partition coefficient (Wildman–Crippen LogP) is 2.70. The van der Waals surface area contributed by atoms with Crippen molar-refractivity contribution in [2.45, 2.75) is 20.0 Å². The Morgan fingerprint density at radius 1 is 1.45 bits per heavy atom. The average Bonchev–Trinajstić information content (AvgIpc) is 1.85. The Kier molecular flexibility index (Phi) is 2.53. The molecule has 11 heavy (non-hydrogen) atoms. The van der Waals surface area contributed by atoms with Gasteiger partial charge in [0, 0.05) is 5.02 Å². The van der Waals surface area contributed by atoms with Gasteiger partial charge >= 0.3 is 0 Å². The van der Waals surface area contributed by atoms with Crippen LogP contribution in [-0.4, -0.2) is 5.11 Å². The van der Waals surface area contributed by atoms with Crippen molar-refractivity contribution < 1.29 is 5.11 Å². The van der Waals surface area contributed by atoms with E-state index >= 15 is 0 Å². The Morgan fingerprint density at radius 3 is 2.55 bits per heavy atom. The van der Waals surface area contributed by atoms with Gasteiger partial charge in [0.1, 0.15) is 0 Å². The Hall–Kier alpha value is -0.530. The molecule has 0 heterocycles. The maximum absolute atomic E-state index is 9.21. The third kappa shape index (κ3) is 1.95. The van der Waals surface area contributed by atoms with Crippen molar-refractivity contribution in [1.82, 2.24) is 0 Å². The Bertz CT molecular complexity index is 256. The molecule has 2 heteroatoms. The maximum Gasteiger partial charge on any atom is 0.0776 e. The summed E-state index contributed by atoms with van der Waals surface area (Å²) in [5.41, 5.74) is 1.90. The molecule has 60 valence electrons. The van der Waals surface area contributed by atoms with E-state index in [4.69, 9.17) is 11.6 Å². The molecule has 1 rings (SSSR count). The fourth-order valence-electron chi connectivity index (χ4n) is 0.971. The standard InChI is InChI=1S/C9H11ClO/c1-6-3-4-8(7(2)11)9(10)5-6/h3-5,7,11H,1-2H3/t7-/m0/s1. The van der Waals surface area contributed by atoms with Crippen LogP contribution in [0.25, 0.3) is 0 Å². The quantitative estimate of drug-likeness (QED) is 0.687. The van der Waals surface area contributed by atoms with Gasteiger partial charge in [-0.3, -0.25) is 0 Å². The Morgan fingerprint density at radius 2 is 2.09 bits per heavy atom. The van der Waals surface area contributed by atoms with Crippen LogP contribution in [0.2, 0.25) is 5.02 Å². The first-order valence-corrected chi connectivity index (χ1v) is 3.93. The highest BCUT2D eigenvalue weighted by molar-refractivity contribution is 6.31. The van der Waals surface area contributed by atoms with Gasteiger partial charge in [-0.25, -0.2) is 0 Å². The van der Waals surface area contributed by atoms with Crippen LogP contribution >= 0.6 is 11.6 Å². The molecule has 0 aliphatic heterocycles. The minimum absolute atomic E-state index is 0.483. The third-order valence-corrected chi connectivity index (χ3v) is 1.93. The van der Waals surface area contributed by atoms with Crippen molar-refractivity contribution >= 4 is 11.6 Å². The van der Waals surface area contributed by atoms with Crippen LogP contribution in [0.4, 0.5) is 0 Å². The smallest absolute Gasteiger partial charge is 0.0776 e. The van der Waals surface area contributed by atoms with E-state index in [-0.39, 0.29) is 0 Å². The molecule has 0 saturated heterocycles. The molecule has 0 radical (unpaired) electrons. The van der Waals surface area contributed by atoms with Crippen LogP contribution in [0.15, 0.2) is 18.2 Å². The fraction of sp³-hybridized carbons (Fsp3) is 0.333. The van der Waals surface area contributed by atoms with Crippen LogP contribution in [0, 0.1) is 6.92 Å². The lowest BCUT2D eigenvalue weighted by atomic mass is 10.1. The summed E-state index contributed by atoms with van der Waals surface area (Å²) in [6.45, 7) is 3.67. The number of rotatable bonds is 1. The Balaban J connectivity index is 3.09. The number of aliphatic hydroxyl groups is 1. The highest BCUT2D eigenvalue weighted by Gasteiger charge is 2.04. The number of hydrogen-bond donors (Lipinski definition) is 1. The zero-order valence-corrected chi connectivity index (χ0v) is 7.39. The molecule has 0 bridgehead atoms. The van der Waals surface area contributed by atoms with E-state index in [9.17, 15) is 5.11 Å². The first kappa shape index (κ1) is 8.57. The summed E-state index contributed by atoms with van der Waals surface area (Å²) in [4.78, 5) is 0. The summed E-state index contributed by atoms with van der Waals surface area (Å²) in [7, 11) is 0. The van der Waals surface area contributed by atoms with Gasteiger partial charge in [0.05, 0.1) is 6.10 Å². The van der Waals surface area contributed by atoms with Crippen molar-refractivity contribution in [3.05, 3.63) is 34.3 Å². The van der Waals surface area contributed by atoms with E-state index in [2.05, 4.69) is 0 Å². The number of aliphatic hydroxyl groups excluding tert-OH is 1. The van der Waals surface area contributed by atoms with Gasteiger partial charge < -0.3 is 5.11 Å². The molecule has 0 aliphatic rings. The highest BCUT2D eigenvalue weighted by atomic mass is 35.5. The normalized spacial score (nSPS) is 13.1. The number of hydrogen-bond acceptors (Lipinski definition) is 1. The summed E-state index contributed by atoms with van der Waals surface area (Å²) in [5.74, 6) is 0. The van der Waals surface area contributed by atoms with Gasteiger partial charge in [0.25, 0.3) is 0 Å². The minimum atomic E-state index is -0.483. The zero-order chi connectivity index (χ0) is 8.43. The summed E-state index contributed by atoms with van der Waals surface area (Å²) < 4.78 is 0. The van der Waals surface area contributed by atoms with E-state index in [1.807, 2.05) is 25.1 Å². The molecule has 0 aliphatic carbocycles. The monoisotopic (exact) mass is 170 g/mol. The fourth-order valence-corrected chi connectivity index (χ4v) is 1.36. The summed E-state index contributed by atoms with van der Waals surface area (Å²) in [6.07, 6.45) is -0.483. The molecule has 1 N–H and O–H groups in total. The second-order valence-electron chi connectivity index (χ2n) is 2.70. The van der Waals surface area contributed by atoms with Crippen LogP contribution in [0.3, 0.4) is 0 Å². The first-order chi connectivity index (χ1) is 5.11. The van der Waals surface area contributed by atoms with Crippen molar-refractivity contribution in [3.63, 3.8) is 0 Å². The van der Waals surface area contributed by atoms with Gasteiger partial charge in [0.2, 0.25) is 0 Å². The number of benzene rings is 1. The first-order valence-electron chi connectivity index (χ1n) is 3.55. The van der Waals surface area contributed by atoms with Gasteiger partial charge in [-0.15, -0.1) is 0 Å². The lowest BCUT2D eigenvalue weighted by molar-refractivity contribution is 0.199. The summed E-state index contributed by atoms with van der Waals surface area (Å²) in [5, 5.41) is 9.85. The second kappa shape index (κ2) is 3.24. The average molecular weight is 171 g/mol. The molecular weight excluding hydrogens is 160 g/mol. The van der Waals surface area contributed by atoms with Crippen LogP contribution in [0.5, 0.6) is 0 Å². The summed E-state index contributed by atoms with van der Waals surface area (Å²) in [6, 6.07) is 5.64. The van der Waals surface area contributed by atoms with Gasteiger partial charge in [-0.2, -0.15) is 0 Å². The van der Waals surface area contributed by atoms with Crippen LogP contribution in [0.1, 0.15) is 24.2 Å². The minimum Gasteiger partial charge on any atom is -0.389 e. The molecule has 0 saturated carbocycles. The van der Waals surface area contributed by atoms with Crippen molar-refractivity contribution in [3.8, 4) is 0 Å². The van der Waals surface area contributed by atoms with Crippen molar-refractivity contribution in [2.75, 3.05) is 0 Å². The van der Waals surface area contributed by atoms with E-state index in [1.54, 1.807) is 6.92 Å². The van der Waals surface area contributed by atoms with Crippen LogP contribution in [-0.2, 0) is 0 Å². The summed E-state index contributed by atoms with van der Waals surface area (Å²) >= 11 is 5.86. The van der Waals surface area contributed by atoms with E-state index in [0.29, 0.717) is 5.02 Å². The van der Waals surface area contributed by atoms with E-state index in [0.717, 1.165) is 11.1 Å². The lowest BCUT2D eigenvalue weighted by Crippen LogP contribution is -1.91. The molecule has 0 unspecified atom stereocenters. The lowest BCUT2D eigenvalue weighted by Gasteiger charge is -2.06. The van der Waals surface area contributed by atoms with Crippen molar-refractivity contribution in [2.24, 2.45) is 0 Å². The third-order valence-electron chi connectivity index (χ3n) is 1.61. The van der Waals surface area contributed by atoms with E-state index < -0.39 is 6.10 Å². The molecule has 0 amide bonds. The SMILES string of the molecule is Cc1ccc([C@H](C)O)c(Cl)c1. The molecule has 1 nitrogen and oxygen atoms in total. The van der Waals surface area contributed by atoms with E-state index in [1.165, 1.54) is 0 Å². The molecule has 1 aromatic rings. The molecule has 1 aromatic carbocycles. The molecule has 0 aromatic heterocycles.